The van der Waals surface area contributed by atoms with E-state index in [1.54, 1.807) is 12.1 Å². The number of H-pyrrole nitrogens is 1. The van der Waals surface area contributed by atoms with E-state index in [0.717, 1.165) is 47.9 Å². The maximum absolute atomic E-state index is 13.3. The molecule has 0 radical (unpaired) electrons. The van der Waals surface area contributed by atoms with Gasteiger partial charge in [-0.25, -0.2) is 4.39 Å². The summed E-state index contributed by atoms with van der Waals surface area (Å²) < 4.78 is 13.3. The number of benzene rings is 1. The minimum absolute atomic E-state index is 0. The van der Waals surface area contributed by atoms with Crippen molar-refractivity contribution in [3.63, 3.8) is 0 Å². The Morgan fingerprint density at radius 2 is 1.71 bits per heavy atom. The summed E-state index contributed by atoms with van der Waals surface area (Å²) in [6, 6.07) is 6.33. The number of hydrogen-bond donors (Lipinski definition) is 2. The van der Waals surface area contributed by atoms with E-state index in [4.69, 9.17) is 0 Å². The quantitative estimate of drug-likeness (QED) is 0.828. The molecular weight excluding hydrogens is 327 g/mol. The highest BCUT2D eigenvalue weighted by Gasteiger charge is 2.51. The number of fused-ring (bicyclic) bond motifs is 1. The smallest absolute Gasteiger partial charge is 0.268 e. The highest BCUT2D eigenvalue weighted by molar-refractivity contribution is 5.98. The van der Waals surface area contributed by atoms with Gasteiger partial charge in [0.2, 0.25) is 0 Å². The van der Waals surface area contributed by atoms with Crippen LogP contribution in [0.2, 0.25) is 0 Å². The zero-order valence-corrected chi connectivity index (χ0v) is 14.3. The average molecular weight is 349 g/mol. The second-order valence-corrected chi connectivity index (χ2v) is 8.07. The van der Waals surface area contributed by atoms with Crippen LogP contribution in [0.5, 0.6) is 0 Å². The van der Waals surface area contributed by atoms with Gasteiger partial charge in [-0.15, -0.1) is 12.4 Å². The SMILES string of the molecule is Cl.O=C(NC12CC3CC(CC(C3)C1)C2)c1cc2cc(F)ccc2[nH]1. The molecule has 2 aromatic rings. The molecule has 128 valence electrons. The number of nitrogens with one attached hydrogen (secondary N) is 2. The van der Waals surface area contributed by atoms with E-state index in [1.807, 2.05) is 0 Å². The highest BCUT2D eigenvalue weighted by atomic mass is 35.5. The van der Waals surface area contributed by atoms with Crippen LogP contribution < -0.4 is 5.32 Å². The Morgan fingerprint density at radius 3 is 2.33 bits per heavy atom. The number of carbonyl (C=O) groups excluding carboxylic acids is 1. The summed E-state index contributed by atoms with van der Waals surface area (Å²) in [5.74, 6) is 2.10. The molecule has 0 atom stereocenters. The monoisotopic (exact) mass is 348 g/mol. The summed E-state index contributed by atoms with van der Waals surface area (Å²) in [4.78, 5) is 15.9. The van der Waals surface area contributed by atoms with Gasteiger partial charge in [-0.2, -0.15) is 0 Å². The summed E-state index contributed by atoms with van der Waals surface area (Å²) in [5.41, 5.74) is 1.36. The molecule has 1 heterocycles. The Hall–Kier alpha value is -1.55. The van der Waals surface area contributed by atoms with Crippen molar-refractivity contribution < 1.29 is 9.18 Å². The van der Waals surface area contributed by atoms with Crippen LogP contribution in [-0.2, 0) is 0 Å². The van der Waals surface area contributed by atoms with Gasteiger partial charge >= 0.3 is 0 Å². The van der Waals surface area contributed by atoms with Gasteiger partial charge in [-0.3, -0.25) is 4.79 Å². The van der Waals surface area contributed by atoms with Crippen LogP contribution in [0.1, 0.15) is 49.0 Å². The molecule has 4 aliphatic rings. The molecule has 4 bridgehead atoms. The minimum Gasteiger partial charge on any atom is -0.351 e. The number of amides is 1. The van der Waals surface area contributed by atoms with Gasteiger partial charge in [0, 0.05) is 16.4 Å². The zero-order chi connectivity index (χ0) is 15.6. The zero-order valence-electron chi connectivity index (χ0n) is 13.5. The number of carbonyl (C=O) groups is 1. The lowest BCUT2D eigenvalue weighted by Gasteiger charge is -2.56. The first-order chi connectivity index (χ1) is 11.1. The largest absolute Gasteiger partial charge is 0.351 e. The molecule has 4 fully saturated rings. The second-order valence-electron chi connectivity index (χ2n) is 8.07. The van der Waals surface area contributed by atoms with E-state index in [9.17, 15) is 9.18 Å². The van der Waals surface area contributed by atoms with Gasteiger partial charge in [-0.1, -0.05) is 0 Å². The summed E-state index contributed by atoms with van der Waals surface area (Å²) in [5, 5.41) is 4.10. The number of rotatable bonds is 2. The number of aromatic amines is 1. The Kier molecular flexibility index (Phi) is 3.64. The van der Waals surface area contributed by atoms with Gasteiger partial charge in [0.15, 0.2) is 0 Å². The van der Waals surface area contributed by atoms with E-state index in [0.29, 0.717) is 5.69 Å². The molecule has 5 heteroatoms. The Balaban J connectivity index is 0.00000146. The Morgan fingerprint density at radius 1 is 1.08 bits per heavy atom. The van der Waals surface area contributed by atoms with Crippen molar-refractivity contribution in [2.45, 2.75) is 44.1 Å². The lowest BCUT2D eigenvalue weighted by atomic mass is 9.53. The fourth-order valence-electron chi connectivity index (χ4n) is 5.80. The van der Waals surface area contributed by atoms with Crippen molar-refractivity contribution in [3.05, 3.63) is 35.8 Å². The van der Waals surface area contributed by atoms with Crippen LogP contribution in [0.15, 0.2) is 24.3 Å². The molecule has 6 rings (SSSR count). The van der Waals surface area contributed by atoms with Crippen LogP contribution in [0, 0.1) is 23.6 Å². The second kappa shape index (κ2) is 5.48. The van der Waals surface area contributed by atoms with E-state index in [-0.39, 0.29) is 29.7 Å². The normalized spacial score (nSPS) is 33.5. The third-order valence-corrected chi connectivity index (χ3v) is 6.24. The summed E-state index contributed by atoms with van der Waals surface area (Å²) in [6.07, 6.45) is 7.50. The summed E-state index contributed by atoms with van der Waals surface area (Å²) in [6.45, 7) is 0. The molecule has 24 heavy (non-hydrogen) atoms. The number of hydrogen-bond acceptors (Lipinski definition) is 1. The van der Waals surface area contributed by atoms with Crippen molar-refractivity contribution in [1.82, 2.24) is 10.3 Å². The Labute approximate surface area is 146 Å². The molecule has 0 aliphatic heterocycles. The maximum atomic E-state index is 13.3. The molecular formula is C19H22ClFN2O. The maximum Gasteiger partial charge on any atom is 0.268 e. The van der Waals surface area contributed by atoms with E-state index < -0.39 is 0 Å². The summed E-state index contributed by atoms with van der Waals surface area (Å²) in [7, 11) is 0. The van der Waals surface area contributed by atoms with Crippen LogP contribution in [-0.4, -0.2) is 16.4 Å². The average Bonchev–Trinajstić information content (AvgIpc) is 2.88. The molecule has 1 amide bonds. The van der Waals surface area contributed by atoms with Crippen molar-refractivity contribution in [1.29, 1.82) is 0 Å². The Bertz CT molecular complexity index is 764. The predicted octanol–water partition coefficient (Wildman–Crippen LogP) is 4.43. The molecule has 2 N–H and O–H groups in total. The minimum atomic E-state index is -0.274. The molecule has 0 saturated heterocycles. The van der Waals surface area contributed by atoms with E-state index in [1.165, 1.54) is 31.4 Å². The third kappa shape index (κ3) is 2.52. The van der Waals surface area contributed by atoms with E-state index in [2.05, 4.69) is 10.3 Å². The number of halogens is 2. The molecule has 1 aromatic carbocycles. The first kappa shape index (κ1) is 15.9. The number of aromatic nitrogens is 1. The lowest BCUT2D eigenvalue weighted by molar-refractivity contribution is -0.0167. The van der Waals surface area contributed by atoms with Gasteiger partial charge in [0.1, 0.15) is 11.5 Å². The van der Waals surface area contributed by atoms with Crippen LogP contribution in [0.3, 0.4) is 0 Å². The van der Waals surface area contributed by atoms with Crippen LogP contribution in [0.25, 0.3) is 10.9 Å². The van der Waals surface area contributed by atoms with Crippen molar-refractivity contribution in [2.24, 2.45) is 17.8 Å². The first-order valence-corrected chi connectivity index (χ1v) is 8.69. The van der Waals surface area contributed by atoms with Crippen molar-refractivity contribution in [3.8, 4) is 0 Å². The van der Waals surface area contributed by atoms with E-state index >= 15 is 0 Å². The molecule has 4 aliphatic carbocycles. The molecule has 1 aromatic heterocycles. The standard InChI is InChI=1S/C19H21FN2O.ClH/c20-15-1-2-16-14(6-15)7-17(21-16)18(23)22-19-8-11-3-12(9-19)5-13(4-11)10-19;/h1-2,6-7,11-13,21H,3-5,8-10H2,(H,22,23);1H. The lowest BCUT2D eigenvalue weighted by Crippen LogP contribution is -2.59. The fraction of sp³-hybridized carbons (Fsp3) is 0.526. The van der Waals surface area contributed by atoms with Gasteiger partial charge in [-0.05, 0) is 80.5 Å². The molecule has 4 saturated carbocycles. The first-order valence-electron chi connectivity index (χ1n) is 8.69. The van der Waals surface area contributed by atoms with Gasteiger partial charge in [0.25, 0.3) is 5.91 Å². The molecule has 0 spiro atoms. The van der Waals surface area contributed by atoms with Crippen molar-refractivity contribution in [2.75, 3.05) is 0 Å². The molecule has 0 unspecified atom stereocenters. The van der Waals surface area contributed by atoms with Crippen LogP contribution in [0.4, 0.5) is 4.39 Å². The summed E-state index contributed by atoms with van der Waals surface area (Å²) >= 11 is 0. The predicted molar refractivity (Wildman–Crippen MR) is 93.9 cm³/mol. The van der Waals surface area contributed by atoms with Crippen LogP contribution >= 0.6 is 12.4 Å². The van der Waals surface area contributed by atoms with Crippen molar-refractivity contribution >= 4 is 29.2 Å². The molecule has 3 nitrogen and oxygen atoms in total. The van der Waals surface area contributed by atoms with Gasteiger partial charge in [0.05, 0.1) is 0 Å². The topological polar surface area (TPSA) is 44.9 Å². The fourth-order valence-corrected chi connectivity index (χ4v) is 5.80. The highest BCUT2D eigenvalue weighted by Crippen LogP contribution is 2.55. The third-order valence-electron chi connectivity index (χ3n) is 6.24. The van der Waals surface area contributed by atoms with Gasteiger partial charge < -0.3 is 10.3 Å².